The summed E-state index contributed by atoms with van der Waals surface area (Å²) >= 11 is 0. The molecule has 3 heterocycles. The largest absolute Gasteiger partial charge is 0.388 e. The lowest BCUT2D eigenvalue weighted by Crippen LogP contribution is -2.46. The summed E-state index contributed by atoms with van der Waals surface area (Å²) in [5.41, 5.74) is 0.379. The van der Waals surface area contributed by atoms with Crippen molar-refractivity contribution in [3.05, 3.63) is 18.1 Å². The van der Waals surface area contributed by atoms with Gasteiger partial charge in [-0.3, -0.25) is 9.88 Å². The molecule has 2 saturated heterocycles. The molecule has 0 radical (unpaired) electrons. The van der Waals surface area contributed by atoms with E-state index < -0.39 is 5.60 Å². The standard InChI is InChI=1S/C15H24N4O2/c1-16-14-10-17-9-12(18-14)13-3-2-6-19(13)11-15(20)4-7-21-8-5-15/h9-10,13,20H,2-8,11H2,1H3,(H,16,18). The van der Waals surface area contributed by atoms with Crippen LogP contribution in [-0.2, 0) is 4.74 Å². The number of likely N-dealkylation sites (tertiary alicyclic amines) is 1. The number of nitrogens with zero attached hydrogens (tertiary/aromatic N) is 3. The predicted molar refractivity (Wildman–Crippen MR) is 80.1 cm³/mol. The Labute approximate surface area is 125 Å². The van der Waals surface area contributed by atoms with Crippen LogP contribution in [0.1, 0.15) is 37.4 Å². The molecule has 6 heteroatoms. The molecule has 2 N–H and O–H groups in total. The molecular weight excluding hydrogens is 268 g/mol. The van der Waals surface area contributed by atoms with Crippen LogP contribution in [0, 0.1) is 0 Å². The molecule has 0 amide bonds. The van der Waals surface area contributed by atoms with Crippen LogP contribution in [0.4, 0.5) is 5.82 Å². The Morgan fingerprint density at radius 2 is 2.24 bits per heavy atom. The normalized spacial score (nSPS) is 25.9. The number of β-amino-alcohol motifs (C(OH)–C–C–N with tert-alkyl or cyclic N) is 1. The average Bonchev–Trinajstić information content (AvgIpc) is 2.95. The van der Waals surface area contributed by atoms with Gasteiger partial charge in [0, 0.05) is 39.6 Å². The quantitative estimate of drug-likeness (QED) is 0.869. The molecule has 0 spiro atoms. The van der Waals surface area contributed by atoms with E-state index in [-0.39, 0.29) is 6.04 Å². The molecule has 0 bridgehead atoms. The molecule has 6 nitrogen and oxygen atoms in total. The van der Waals surface area contributed by atoms with Gasteiger partial charge in [-0.2, -0.15) is 0 Å². The molecule has 2 fully saturated rings. The monoisotopic (exact) mass is 292 g/mol. The molecule has 2 aliphatic heterocycles. The number of hydrogen-bond acceptors (Lipinski definition) is 6. The molecule has 0 aliphatic carbocycles. The first-order valence-electron chi connectivity index (χ1n) is 7.74. The van der Waals surface area contributed by atoms with Crippen molar-refractivity contribution in [3.63, 3.8) is 0 Å². The van der Waals surface area contributed by atoms with Gasteiger partial charge in [-0.25, -0.2) is 4.98 Å². The molecule has 0 aromatic carbocycles. The van der Waals surface area contributed by atoms with Crippen molar-refractivity contribution >= 4 is 5.82 Å². The Morgan fingerprint density at radius 1 is 1.43 bits per heavy atom. The highest BCUT2D eigenvalue weighted by Gasteiger charge is 2.37. The van der Waals surface area contributed by atoms with Crippen molar-refractivity contribution < 1.29 is 9.84 Å². The first kappa shape index (κ1) is 14.7. The van der Waals surface area contributed by atoms with Crippen LogP contribution in [-0.4, -0.2) is 58.9 Å². The summed E-state index contributed by atoms with van der Waals surface area (Å²) in [6.45, 7) is 3.03. The third-order valence-corrected chi connectivity index (χ3v) is 4.54. The molecule has 0 saturated carbocycles. The van der Waals surface area contributed by atoms with Crippen LogP contribution in [0.25, 0.3) is 0 Å². The van der Waals surface area contributed by atoms with E-state index in [2.05, 4.69) is 20.2 Å². The molecule has 1 atom stereocenters. The second-order valence-electron chi connectivity index (χ2n) is 6.04. The summed E-state index contributed by atoms with van der Waals surface area (Å²) in [4.78, 5) is 11.2. The lowest BCUT2D eigenvalue weighted by atomic mass is 9.93. The average molecular weight is 292 g/mol. The van der Waals surface area contributed by atoms with Gasteiger partial charge in [-0.1, -0.05) is 0 Å². The molecule has 1 aromatic heterocycles. The van der Waals surface area contributed by atoms with Gasteiger partial charge in [0.1, 0.15) is 5.82 Å². The number of hydrogen-bond donors (Lipinski definition) is 2. The van der Waals surface area contributed by atoms with Crippen molar-refractivity contribution in [1.29, 1.82) is 0 Å². The molecule has 1 aromatic rings. The van der Waals surface area contributed by atoms with Crippen LogP contribution in [0.3, 0.4) is 0 Å². The lowest BCUT2D eigenvalue weighted by Gasteiger charge is -2.37. The number of rotatable bonds is 4. The van der Waals surface area contributed by atoms with Crippen molar-refractivity contribution in [3.8, 4) is 0 Å². The molecule has 21 heavy (non-hydrogen) atoms. The highest BCUT2D eigenvalue weighted by molar-refractivity contribution is 5.31. The second kappa shape index (κ2) is 6.25. The van der Waals surface area contributed by atoms with Gasteiger partial charge >= 0.3 is 0 Å². The summed E-state index contributed by atoms with van der Waals surface area (Å²) in [5, 5.41) is 13.8. The zero-order valence-electron chi connectivity index (χ0n) is 12.6. The Balaban J connectivity index is 1.72. The van der Waals surface area contributed by atoms with Crippen LogP contribution >= 0.6 is 0 Å². The minimum Gasteiger partial charge on any atom is -0.388 e. The SMILES string of the molecule is CNc1cncc(C2CCCN2CC2(O)CCOCC2)n1. The van der Waals surface area contributed by atoms with E-state index >= 15 is 0 Å². The van der Waals surface area contributed by atoms with Gasteiger partial charge in [0.2, 0.25) is 0 Å². The van der Waals surface area contributed by atoms with Gasteiger partial charge in [0.25, 0.3) is 0 Å². The van der Waals surface area contributed by atoms with Crippen molar-refractivity contribution in [2.75, 3.05) is 38.7 Å². The number of nitrogens with one attached hydrogen (secondary N) is 1. The highest BCUT2D eigenvalue weighted by Crippen LogP contribution is 2.34. The van der Waals surface area contributed by atoms with Crippen LogP contribution < -0.4 is 5.32 Å². The zero-order valence-corrected chi connectivity index (χ0v) is 12.6. The van der Waals surface area contributed by atoms with Gasteiger partial charge in [-0.05, 0) is 19.4 Å². The van der Waals surface area contributed by atoms with Crippen molar-refractivity contribution in [1.82, 2.24) is 14.9 Å². The van der Waals surface area contributed by atoms with Gasteiger partial charge in [0.05, 0.1) is 29.7 Å². The maximum Gasteiger partial charge on any atom is 0.144 e. The Hall–Kier alpha value is -1.24. The second-order valence-corrected chi connectivity index (χ2v) is 6.04. The Morgan fingerprint density at radius 3 is 3.00 bits per heavy atom. The number of aliphatic hydroxyl groups is 1. The van der Waals surface area contributed by atoms with Gasteiger partial charge in [0.15, 0.2) is 0 Å². The summed E-state index contributed by atoms with van der Waals surface area (Å²) in [6, 6.07) is 0.262. The van der Waals surface area contributed by atoms with Crippen LogP contribution in [0.2, 0.25) is 0 Å². The zero-order chi connectivity index (χ0) is 14.7. The van der Waals surface area contributed by atoms with E-state index in [4.69, 9.17) is 4.74 Å². The fraction of sp³-hybridized carbons (Fsp3) is 0.733. The molecule has 3 rings (SSSR count). The third kappa shape index (κ3) is 3.33. The Bertz CT molecular complexity index is 476. The van der Waals surface area contributed by atoms with E-state index in [1.165, 1.54) is 0 Å². The van der Waals surface area contributed by atoms with Crippen molar-refractivity contribution in [2.24, 2.45) is 0 Å². The molecule has 1 unspecified atom stereocenters. The summed E-state index contributed by atoms with van der Waals surface area (Å²) < 4.78 is 5.36. The molecular formula is C15H24N4O2. The summed E-state index contributed by atoms with van der Waals surface area (Å²) in [7, 11) is 1.85. The van der Waals surface area contributed by atoms with Crippen LogP contribution in [0.5, 0.6) is 0 Å². The Kier molecular flexibility index (Phi) is 4.37. The van der Waals surface area contributed by atoms with Gasteiger partial charge in [-0.15, -0.1) is 0 Å². The number of aromatic nitrogens is 2. The first-order chi connectivity index (χ1) is 10.2. The maximum absolute atomic E-state index is 10.7. The predicted octanol–water partition coefficient (Wildman–Crippen LogP) is 1.20. The number of anilines is 1. The fourth-order valence-corrected chi connectivity index (χ4v) is 3.30. The van der Waals surface area contributed by atoms with Crippen LogP contribution in [0.15, 0.2) is 12.4 Å². The summed E-state index contributed by atoms with van der Waals surface area (Å²) in [5.74, 6) is 0.795. The molecule has 2 aliphatic rings. The fourth-order valence-electron chi connectivity index (χ4n) is 3.30. The number of ether oxygens (including phenoxy) is 1. The minimum atomic E-state index is -0.616. The van der Waals surface area contributed by atoms with E-state index in [1.54, 1.807) is 6.20 Å². The van der Waals surface area contributed by atoms with E-state index in [0.29, 0.717) is 19.8 Å². The highest BCUT2D eigenvalue weighted by atomic mass is 16.5. The first-order valence-corrected chi connectivity index (χ1v) is 7.74. The smallest absolute Gasteiger partial charge is 0.144 e. The van der Waals surface area contributed by atoms with Gasteiger partial charge < -0.3 is 15.2 Å². The van der Waals surface area contributed by atoms with E-state index in [9.17, 15) is 5.11 Å². The minimum absolute atomic E-state index is 0.262. The lowest BCUT2D eigenvalue weighted by molar-refractivity contribution is -0.0817. The molecule has 116 valence electrons. The van der Waals surface area contributed by atoms with E-state index in [1.807, 2.05) is 13.2 Å². The summed E-state index contributed by atoms with van der Waals surface area (Å²) in [6.07, 6.45) is 7.24. The third-order valence-electron chi connectivity index (χ3n) is 4.54. The maximum atomic E-state index is 10.7. The topological polar surface area (TPSA) is 70.5 Å². The van der Waals surface area contributed by atoms with E-state index in [0.717, 1.165) is 43.7 Å². The van der Waals surface area contributed by atoms with Crippen molar-refractivity contribution in [2.45, 2.75) is 37.3 Å².